The van der Waals surface area contributed by atoms with Gasteiger partial charge in [0.2, 0.25) is 0 Å². The number of nitrogens with one attached hydrogen (secondary N) is 2. The number of rotatable bonds is 1. The fraction of sp³-hybridized carbons (Fsp3) is 0. The maximum Gasteiger partial charge on any atom is 0.257 e. The predicted octanol–water partition coefficient (Wildman–Crippen LogP) is 1.92. The summed E-state index contributed by atoms with van der Waals surface area (Å²) in [5.41, 5.74) is 2.07. The standard InChI is InChI=1S/C12H9N3O/c16-12-9(11-6-13-7-14-11)5-8-3-1-2-4-10(8)15-12/h1-7H,(H,13,14)(H,15,16). The molecular formula is C12H9N3O. The van der Waals surface area contributed by atoms with Gasteiger partial charge in [-0.15, -0.1) is 0 Å². The van der Waals surface area contributed by atoms with E-state index in [1.54, 1.807) is 12.5 Å². The first-order chi connectivity index (χ1) is 7.84. The maximum atomic E-state index is 11.8. The number of aromatic nitrogens is 3. The van der Waals surface area contributed by atoms with Crippen LogP contribution in [0.15, 0.2) is 47.7 Å². The van der Waals surface area contributed by atoms with Crippen LogP contribution in [0.3, 0.4) is 0 Å². The molecule has 16 heavy (non-hydrogen) atoms. The Balaban J connectivity index is 2.34. The molecule has 1 aromatic carbocycles. The third-order valence-electron chi connectivity index (χ3n) is 2.54. The number of aromatic amines is 2. The molecule has 4 nitrogen and oxygen atoms in total. The Labute approximate surface area is 91.0 Å². The van der Waals surface area contributed by atoms with Gasteiger partial charge in [-0.05, 0) is 17.5 Å². The van der Waals surface area contributed by atoms with E-state index in [-0.39, 0.29) is 5.56 Å². The van der Waals surface area contributed by atoms with Crippen molar-refractivity contribution in [2.45, 2.75) is 0 Å². The lowest BCUT2D eigenvalue weighted by Gasteiger charge is -2.00. The summed E-state index contributed by atoms with van der Waals surface area (Å²) in [6, 6.07) is 9.55. The predicted molar refractivity (Wildman–Crippen MR) is 62.2 cm³/mol. The molecule has 0 amide bonds. The maximum absolute atomic E-state index is 11.8. The quantitative estimate of drug-likeness (QED) is 0.646. The van der Waals surface area contributed by atoms with Crippen LogP contribution in [0.4, 0.5) is 0 Å². The number of fused-ring (bicyclic) bond motifs is 1. The van der Waals surface area contributed by atoms with Gasteiger partial charge in [0.25, 0.3) is 5.56 Å². The van der Waals surface area contributed by atoms with Gasteiger partial charge < -0.3 is 9.97 Å². The van der Waals surface area contributed by atoms with Crippen LogP contribution in [-0.4, -0.2) is 15.0 Å². The van der Waals surface area contributed by atoms with Gasteiger partial charge in [-0.3, -0.25) is 4.79 Å². The number of imidazole rings is 1. The van der Waals surface area contributed by atoms with E-state index < -0.39 is 0 Å². The summed E-state index contributed by atoms with van der Waals surface area (Å²) < 4.78 is 0. The van der Waals surface area contributed by atoms with E-state index in [0.717, 1.165) is 16.6 Å². The SMILES string of the molecule is O=c1[nH]c2ccccc2cc1-c1cnc[nH]1. The lowest BCUT2D eigenvalue weighted by molar-refractivity contribution is 1.28. The molecule has 0 fully saturated rings. The molecule has 0 bridgehead atoms. The number of hydrogen-bond donors (Lipinski definition) is 2. The van der Waals surface area contributed by atoms with Crippen LogP contribution in [0.2, 0.25) is 0 Å². The first-order valence-corrected chi connectivity index (χ1v) is 4.95. The molecule has 0 saturated carbocycles. The van der Waals surface area contributed by atoms with E-state index in [2.05, 4.69) is 15.0 Å². The van der Waals surface area contributed by atoms with Gasteiger partial charge in [0.1, 0.15) is 0 Å². The van der Waals surface area contributed by atoms with Crippen molar-refractivity contribution in [3.8, 4) is 11.3 Å². The summed E-state index contributed by atoms with van der Waals surface area (Å²) >= 11 is 0. The molecule has 0 aliphatic heterocycles. The zero-order chi connectivity index (χ0) is 11.0. The lowest BCUT2D eigenvalue weighted by atomic mass is 10.1. The van der Waals surface area contributed by atoms with Gasteiger partial charge in [0, 0.05) is 5.52 Å². The topological polar surface area (TPSA) is 61.5 Å². The van der Waals surface area contributed by atoms with Crippen molar-refractivity contribution in [3.05, 3.63) is 53.2 Å². The molecule has 0 atom stereocenters. The fourth-order valence-electron chi connectivity index (χ4n) is 1.75. The van der Waals surface area contributed by atoms with Crippen molar-refractivity contribution >= 4 is 10.9 Å². The zero-order valence-corrected chi connectivity index (χ0v) is 8.40. The highest BCUT2D eigenvalue weighted by Gasteiger charge is 2.05. The van der Waals surface area contributed by atoms with E-state index in [4.69, 9.17) is 0 Å². The molecule has 0 aliphatic rings. The van der Waals surface area contributed by atoms with Gasteiger partial charge in [0.15, 0.2) is 0 Å². The van der Waals surface area contributed by atoms with Crippen molar-refractivity contribution < 1.29 is 0 Å². The summed E-state index contributed by atoms with van der Waals surface area (Å²) in [5.74, 6) is 0. The minimum atomic E-state index is -0.108. The number of pyridine rings is 1. The summed E-state index contributed by atoms with van der Waals surface area (Å²) in [6.07, 6.45) is 3.20. The molecular weight excluding hydrogens is 202 g/mol. The molecule has 0 unspecified atom stereocenters. The minimum Gasteiger partial charge on any atom is -0.344 e. The second kappa shape index (κ2) is 3.34. The molecule has 0 aliphatic carbocycles. The van der Waals surface area contributed by atoms with Gasteiger partial charge in [0.05, 0.1) is 23.8 Å². The van der Waals surface area contributed by atoms with Crippen LogP contribution in [0.1, 0.15) is 0 Å². The zero-order valence-electron chi connectivity index (χ0n) is 8.40. The van der Waals surface area contributed by atoms with Gasteiger partial charge in [-0.2, -0.15) is 0 Å². The van der Waals surface area contributed by atoms with Crippen LogP contribution in [0.25, 0.3) is 22.2 Å². The second-order valence-corrected chi connectivity index (χ2v) is 3.56. The first kappa shape index (κ1) is 8.91. The van der Waals surface area contributed by atoms with E-state index in [9.17, 15) is 4.79 Å². The van der Waals surface area contributed by atoms with Crippen molar-refractivity contribution in [1.29, 1.82) is 0 Å². The number of nitrogens with zero attached hydrogens (tertiary/aromatic N) is 1. The lowest BCUT2D eigenvalue weighted by Crippen LogP contribution is -2.08. The van der Waals surface area contributed by atoms with Crippen LogP contribution < -0.4 is 5.56 Å². The van der Waals surface area contributed by atoms with E-state index in [1.165, 1.54) is 0 Å². The molecule has 78 valence electrons. The molecule has 0 radical (unpaired) electrons. The molecule has 3 aromatic rings. The Kier molecular flexibility index (Phi) is 1.86. The van der Waals surface area contributed by atoms with Crippen LogP contribution >= 0.6 is 0 Å². The summed E-state index contributed by atoms with van der Waals surface area (Å²) in [5, 5.41) is 1.01. The van der Waals surface area contributed by atoms with E-state index in [1.807, 2.05) is 30.3 Å². The van der Waals surface area contributed by atoms with E-state index in [0.29, 0.717) is 5.56 Å². The smallest absolute Gasteiger partial charge is 0.257 e. The monoisotopic (exact) mass is 211 g/mol. The molecule has 4 heteroatoms. The average molecular weight is 211 g/mol. The van der Waals surface area contributed by atoms with Crippen molar-refractivity contribution in [1.82, 2.24) is 15.0 Å². The summed E-state index contributed by atoms with van der Waals surface area (Å²) in [7, 11) is 0. The number of para-hydroxylation sites is 1. The van der Waals surface area contributed by atoms with Crippen LogP contribution in [-0.2, 0) is 0 Å². The Morgan fingerprint density at radius 2 is 2.06 bits per heavy atom. The van der Waals surface area contributed by atoms with Crippen molar-refractivity contribution in [3.63, 3.8) is 0 Å². The molecule has 2 aromatic heterocycles. The highest BCUT2D eigenvalue weighted by molar-refractivity contribution is 5.82. The molecule has 2 N–H and O–H groups in total. The number of hydrogen-bond acceptors (Lipinski definition) is 2. The number of benzene rings is 1. The van der Waals surface area contributed by atoms with Crippen LogP contribution in [0.5, 0.6) is 0 Å². The van der Waals surface area contributed by atoms with Gasteiger partial charge in [-0.25, -0.2) is 4.98 Å². The Hall–Kier alpha value is -2.36. The Morgan fingerprint density at radius 3 is 2.88 bits per heavy atom. The van der Waals surface area contributed by atoms with Gasteiger partial charge >= 0.3 is 0 Å². The first-order valence-electron chi connectivity index (χ1n) is 4.95. The second-order valence-electron chi connectivity index (χ2n) is 3.56. The Morgan fingerprint density at radius 1 is 1.19 bits per heavy atom. The third kappa shape index (κ3) is 1.32. The van der Waals surface area contributed by atoms with Crippen molar-refractivity contribution in [2.24, 2.45) is 0 Å². The summed E-state index contributed by atoms with van der Waals surface area (Å²) in [6.45, 7) is 0. The Bertz CT molecular complexity index is 683. The molecule has 2 heterocycles. The number of H-pyrrole nitrogens is 2. The van der Waals surface area contributed by atoms with Crippen LogP contribution in [0, 0.1) is 0 Å². The largest absolute Gasteiger partial charge is 0.344 e. The average Bonchev–Trinajstić information content (AvgIpc) is 2.81. The van der Waals surface area contributed by atoms with Gasteiger partial charge in [-0.1, -0.05) is 18.2 Å². The van der Waals surface area contributed by atoms with Crippen molar-refractivity contribution in [2.75, 3.05) is 0 Å². The molecule has 0 spiro atoms. The van der Waals surface area contributed by atoms with E-state index >= 15 is 0 Å². The highest BCUT2D eigenvalue weighted by atomic mass is 16.1. The third-order valence-corrected chi connectivity index (χ3v) is 2.54. The fourth-order valence-corrected chi connectivity index (χ4v) is 1.75. The highest BCUT2D eigenvalue weighted by Crippen LogP contribution is 2.16. The molecule has 0 saturated heterocycles. The minimum absolute atomic E-state index is 0.108. The summed E-state index contributed by atoms with van der Waals surface area (Å²) in [4.78, 5) is 21.5. The molecule has 3 rings (SSSR count). The normalized spacial score (nSPS) is 10.8.